The van der Waals surface area contributed by atoms with Gasteiger partial charge in [0, 0.05) is 37.4 Å². The van der Waals surface area contributed by atoms with E-state index in [1.807, 2.05) is 0 Å². The summed E-state index contributed by atoms with van der Waals surface area (Å²) in [4.78, 5) is 25.5. The molecule has 6 N–H and O–H groups in total. The van der Waals surface area contributed by atoms with Gasteiger partial charge in [-0.15, -0.1) is 6.58 Å². The number of hydrogen-bond donors (Lipinski definition) is 5. The van der Waals surface area contributed by atoms with Crippen LogP contribution in [0.15, 0.2) is 61.2 Å². The molecule has 202 valence electrons. The average molecular weight is 525 g/mol. The van der Waals surface area contributed by atoms with Crippen LogP contribution in [-0.4, -0.2) is 66.9 Å². The van der Waals surface area contributed by atoms with Gasteiger partial charge in [0.05, 0.1) is 26.4 Å². The number of ether oxygens (including phenoxy) is 2. The number of anilines is 4. The summed E-state index contributed by atoms with van der Waals surface area (Å²) in [6, 6.07) is 13.1. The molecule has 0 atom stereocenters. The van der Waals surface area contributed by atoms with Crippen LogP contribution >= 0.6 is 0 Å². The van der Waals surface area contributed by atoms with Crippen LogP contribution in [0.4, 0.5) is 27.9 Å². The van der Waals surface area contributed by atoms with Crippen molar-refractivity contribution >= 4 is 29.4 Å². The molecule has 0 aliphatic heterocycles. The number of rotatable bonds is 17. The summed E-state index contributed by atoms with van der Waals surface area (Å²) in [5.41, 5.74) is 7.41. The van der Waals surface area contributed by atoms with Gasteiger partial charge in [0.1, 0.15) is 5.82 Å². The molecule has 11 nitrogen and oxygen atoms in total. The average Bonchev–Trinajstić information content (AvgIpc) is 2.93. The van der Waals surface area contributed by atoms with Crippen molar-refractivity contribution in [1.82, 2.24) is 20.3 Å². The number of benzene rings is 2. The summed E-state index contributed by atoms with van der Waals surface area (Å²) in [6.07, 6.45) is 1.69. The van der Waals surface area contributed by atoms with Crippen LogP contribution in [0.3, 0.4) is 0 Å². The molecule has 2 aromatic carbocycles. The van der Waals surface area contributed by atoms with Crippen LogP contribution < -0.4 is 27.0 Å². The first kappa shape index (κ1) is 28.4. The Bertz CT molecular complexity index is 1150. The molecular formula is C26H33FN8O3. The third-order valence-corrected chi connectivity index (χ3v) is 4.97. The maximum Gasteiger partial charge on any atom is 0.251 e. The van der Waals surface area contributed by atoms with Crippen LogP contribution in [0.2, 0.25) is 0 Å². The van der Waals surface area contributed by atoms with Crippen molar-refractivity contribution in [2.24, 2.45) is 5.73 Å². The van der Waals surface area contributed by atoms with Gasteiger partial charge in [-0.05, 0) is 42.0 Å². The molecule has 1 heterocycles. The van der Waals surface area contributed by atoms with Crippen LogP contribution in [0.1, 0.15) is 15.9 Å². The molecular weight excluding hydrogens is 491 g/mol. The fourth-order valence-electron chi connectivity index (χ4n) is 3.11. The first-order valence-electron chi connectivity index (χ1n) is 12.2. The molecule has 0 bridgehead atoms. The lowest BCUT2D eigenvalue weighted by atomic mass is 10.2. The number of nitrogens with two attached hydrogens (primary N) is 1. The smallest absolute Gasteiger partial charge is 0.251 e. The van der Waals surface area contributed by atoms with Crippen molar-refractivity contribution < 1.29 is 18.7 Å². The van der Waals surface area contributed by atoms with Gasteiger partial charge < -0.3 is 36.5 Å². The Morgan fingerprint density at radius 3 is 2.24 bits per heavy atom. The minimum atomic E-state index is -0.297. The number of carbonyl (C=O) groups is 1. The molecule has 1 amide bonds. The van der Waals surface area contributed by atoms with Crippen molar-refractivity contribution in [3.8, 4) is 0 Å². The fourth-order valence-corrected chi connectivity index (χ4v) is 3.11. The normalized spacial score (nSPS) is 10.6. The molecule has 38 heavy (non-hydrogen) atoms. The Morgan fingerprint density at radius 1 is 0.895 bits per heavy atom. The van der Waals surface area contributed by atoms with E-state index in [-0.39, 0.29) is 11.7 Å². The number of nitrogens with zero attached hydrogens (tertiary/aromatic N) is 3. The van der Waals surface area contributed by atoms with E-state index in [1.54, 1.807) is 42.5 Å². The van der Waals surface area contributed by atoms with Gasteiger partial charge in [-0.2, -0.15) is 15.0 Å². The molecule has 0 spiro atoms. The standard InChI is InChI=1S/C26H33FN8O3/c1-2-12-30-24-33-25(31-18-19-3-7-21(27)8-4-19)35-26(34-24)32-22-9-5-20(6-10-22)23(36)29-13-15-38-17-16-37-14-11-28/h2-10H,1,11-18,28H2,(H,29,36)(H3,30,31,32,33,34,35). The van der Waals surface area contributed by atoms with E-state index in [0.717, 1.165) is 5.56 Å². The summed E-state index contributed by atoms with van der Waals surface area (Å²) >= 11 is 0. The summed E-state index contributed by atoms with van der Waals surface area (Å²) < 4.78 is 23.8. The van der Waals surface area contributed by atoms with Gasteiger partial charge in [0.25, 0.3) is 5.91 Å². The zero-order chi connectivity index (χ0) is 27.0. The summed E-state index contributed by atoms with van der Waals surface area (Å²) in [5, 5.41) is 12.1. The Morgan fingerprint density at radius 2 is 1.55 bits per heavy atom. The molecule has 0 saturated heterocycles. The zero-order valence-electron chi connectivity index (χ0n) is 21.1. The summed E-state index contributed by atoms with van der Waals surface area (Å²) in [6.45, 7) is 7.23. The van der Waals surface area contributed by atoms with Crippen molar-refractivity contribution in [1.29, 1.82) is 0 Å². The van der Waals surface area contributed by atoms with Crippen molar-refractivity contribution in [2.75, 3.05) is 62.0 Å². The fraction of sp³-hybridized carbons (Fsp3) is 0.308. The Balaban J connectivity index is 1.54. The van der Waals surface area contributed by atoms with Gasteiger partial charge in [-0.3, -0.25) is 4.79 Å². The highest BCUT2D eigenvalue weighted by Gasteiger charge is 2.09. The molecule has 0 radical (unpaired) electrons. The highest BCUT2D eigenvalue weighted by Crippen LogP contribution is 2.17. The van der Waals surface area contributed by atoms with E-state index in [2.05, 4.69) is 42.8 Å². The highest BCUT2D eigenvalue weighted by atomic mass is 19.1. The maximum atomic E-state index is 13.2. The molecule has 0 saturated carbocycles. The third-order valence-electron chi connectivity index (χ3n) is 4.97. The molecule has 0 fully saturated rings. The Hall–Kier alpha value is -4.13. The van der Waals surface area contributed by atoms with Gasteiger partial charge >= 0.3 is 0 Å². The lowest BCUT2D eigenvalue weighted by molar-refractivity contribution is 0.0511. The molecule has 3 rings (SSSR count). The number of hydrogen-bond acceptors (Lipinski definition) is 10. The van der Waals surface area contributed by atoms with E-state index in [4.69, 9.17) is 15.2 Å². The van der Waals surface area contributed by atoms with Gasteiger partial charge in [0.2, 0.25) is 17.8 Å². The third kappa shape index (κ3) is 10.1. The van der Waals surface area contributed by atoms with Crippen molar-refractivity contribution in [3.63, 3.8) is 0 Å². The minimum absolute atomic E-state index is 0.206. The molecule has 0 aliphatic rings. The van der Waals surface area contributed by atoms with E-state index < -0.39 is 0 Å². The van der Waals surface area contributed by atoms with E-state index in [0.29, 0.717) is 81.7 Å². The van der Waals surface area contributed by atoms with Gasteiger partial charge in [-0.25, -0.2) is 4.39 Å². The predicted molar refractivity (Wildman–Crippen MR) is 145 cm³/mol. The largest absolute Gasteiger partial charge is 0.378 e. The Kier molecular flexibility index (Phi) is 11.9. The molecule has 3 aromatic rings. The first-order chi connectivity index (χ1) is 18.6. The van der Waals surface area contributed by atoms with Crippen LogP contribution in [0, 0.1) is 5.82 Å². The number of nitrogens with one attached hydrogen (secondary N) is 4. The minimum Gasteiger partial charge on any atom is -0.378 e. The number of halogens is 1. The van der Waals surface area contributed by atoms with Gasteiger partial charge in [0.15, 0.2) is 0 Å². The molecule has 12 heteroatoms. The maximum absolute atomic E-state index is 13.2. The van der Waals surface area contributed by atoms with Crippen molar-refractivity contribution in [3.05, 3.63) is 78.1 Å². The Labute approximate surface area is 221 Å². The highest BCUT2D eigenvalue weighted by molar-refractivity contribution is 5.94. The molecule has 1 aromatic heterocycles. The number of aromatic nitrogens is 3. The van der Waals surface area contributed by atoms with Crippen LogP contribution in [-0.2, 0) is 16.0 Å². The summed E-state index contributed by atoms with van der Waals surface area (Å²) in [7, 11) is 0. The van der Waals surface area contributed by atoms with E-state index in [1.165, 1.54) is 12.1 Å². The van der Waals surface area contributed by atoms with E-state index in [9.17, 15) is 9.18 Å². The molecule has 0 unspecified atom stereocenters. The SMILES string of the molecule is C=CCNc1nc(NCc2ccc(F)cc2)nc(Nc2ccc(C(=O)NCCOCCOCCN)cc2)n1. The summed E-state index contributed by atoms with van der Waals surface area (Å²) in [5.74, 6) is 0.491. The van der Waals surface area contributed by atoms with Crippen LogP contribution in [0.25, 0.3) is 0 Å². The van der Waals surface area contributed by atoms with Crippen molar-refractivity contribution in [2.45, 2.75) is 6.54 Å². The first-order valence-corrected chi connectivity index (χ1v) is 12.2. The number of carbonyl (C=O) groups excluding carboxylic acids is 1. The number of amides is 1. The monoisotopic (exact) mass is 524 g/mol. The predicted octanol–water partition coefficient (Wildman–Crippen LogP) is 2.69. The second-order valence-electron chi connectivity index (χ2n) is 7.93. The quantitative estimate of drug-likeness (QED) is 0.132. The second-order valence-corrected chi connectivity index (χ2v) is 7.93. The van der Waals surface area contributed by atoms with Gasteiger partial charge in [-0.1, -0.05) is 18.2 Å². The lowest BCUT2D eigenvalue weighted by Gasteiger charge is -2.11. The van der Waals surface area contributed by atoms with Crippen LogP contribution in [0.5, 0.6) is 0 Å². The lowest BCUT2D eigenvalue weighted by Crippen LogP contribution is -2.27. The van der Waals surface area contributed by atoms with E-state index >= 15 is 0 Å². The topological polar surface area (TPSA) is 148 Å². The molecule has 0 aliphatic carbocycles. The zero-order valence-corrected chi connectivity index (χ0v) is 21.1. The second kappa shape index (κ2) is 15.9.